The number of nitrogens with zero attached hydrogens (tertiary/aromatic N) is 1. The van der Waals surface area contributed by atoms with Crippen LogP contribution in [0.5, 0.6) is 11.5 Å². The molecule has 5 nitrogen and oxygen atoms in total. The molecule has 0 aliphatic carbocycles. The van der Waals surface area contributed by atoms with E-state index in [-0.39, 0.29) is 11.6 Å². The molecule has 0 atom stereocenters. The average molecular weight is 366 g/mol. The molecule has 0 bridgehead atoms. The van der Waals surface area contributed by atoms with Gasteiger partial charge >= 0.3 is 0 Å². The fourth-order valence-corrected chi connectivity index (χ4v) is 3.07. The zero-order valence-corrected chi connectivity index (χ0v) is 14.9. The van der Waals surface area contributed by atoms with Crippen LogP contribution in [0.1, 0.15) is 11.1 Å². The van der Waals surface area contributed by atoms with Gasteiger partial charge in [0.2, 0.25) is 0 Å². The number of oxime groups is 1. The molecule has 0 heterocycles. The van der Waals surface area contributed by atoms with Crippen LogP contribution in [0, 0.1) is 12.7 Å². The molecule has 0 spiro atoms. The third-order valence-electron chi connectivity index (χ3n) is 4.28. The quantitative estimate of drug-likeness (QED) is 0.278. The SMILES string of the molecule is COc1cc(F)ccc1-c1c(C(N)=NO)cc(C)cc1-c1ccc(O)cc1. The first-order chi connectivity index (χ1) is 12.9. The van der Waals surface area contributed by atoms with E-state index >= 15 is 0 Å². The van der Waals surface area contributed by atoms with Crippen molar-refractivity contribution in [2.24, 2.45) is 10.9 Å². The molecule has 3 aromatic rings. The molecule has 0 aliphatic heterocycles. The van der Waals surface area contributed by atoms with Gasteiger partial charge in [-0.2, -0.15) is 0 Å². The molecule has 3 rings (SSSR count). The smallest absolute Gasteiger partial charge is 0.170 e. The van der Waals surface area contributed by atoms with Crippen molar-refractivity contribution >= 4 is 5.84 Å². The Hall–Kier alpha value is -3.54. The normalized spacial score (nSPS) is 11.4. The Bertz CT molecular complexity index is 1010. The molecule has 0 aromatic heterocycles. The minimum absolute atomic E-state index is 0.0693. The van der Waals surface area contributed by atoms with Gasteiger partial charge in [-0.15, -0.1) is 0 Å². The van der Waals surface area contributed by atoms with Gasteiger partial charge in [0.1, 0.15) is 17.3 Å². The summed E-state index contributed by atoms with van der Waals surface area (Å²) in [4.78, 5) is 0. The Morgan fingerprint density at radius 1 is 1.04 bits per heavy atom. The lowest BCUT2D eigenvalue weighted by atomic mass is 9.88. The molecule has 6 heteroatoms. The number of halogens is 1. The number of amidine groups is 1. The van der Waals surface area contributed by atoms with E-state index < -0.39 is 5.82 Å². The van der Waals surface area contributed by atoms with Crippen LogP contribution in [-0.4, -0.2) is 23.3 Å². The van der Waals surface area contributed by atoms with Gasteiger partial charge in [-0.1, -0.05) is 23.4 Å². The van der Waals surface area contributed by atoms with Gasteiger partial charge in [0, 0.05) is 22.8 Å². The Kier molecular flexibility index (Phi) is 4.98. The number of hydrogen-bond donors (Lipinski definition) is 3. The Labute approximate surface area is 156 Å². The number of phenols is 1. The maximum Gasteiger partial charge on any atom is 0.170 e. The topological polar surface area (TPSA) is 88.1 Å². The van der Waals surface area contributed by atoms with Crippen molar-refractivity contribution < 1.29 is 19.4 Å². The standard InChI is InChI=1S/C21H19FN2O3/c1-12-9-17(13-3-6-15(25)7-4-13)20(18(10-12)21(23)24-26)16-8-5-14(22)11-19(16)27-2/h3-11,25-26H,1-2H3,(H2,23,24). The summed E-state index contributed by atoms with van der Waals surface area (Å²) in [5, 5.41) is 22.0. The largest absolute Gasteiger partial charge is 0.508 e. The van der Waals surface area contributed by atoms with Crippen LogP contribution >= 0.6 is 0 Å². The van der Waals surface area contributed by atoms with E-state index in [9.17, 15) is 14.7 Å². The zero-order chi connectivity index (χ0) is 19.6. The van der Waals surface area contributed by atoms with Crippen molar-refractivity contribution in [3.8, 4) is 33.8 Å². The second kappa shape index (κ2) is 7.37. The molecule has 0 radical (unpaired) electrons. The molecule has 0 fully saturated rings. The van der Waals surface area contributed by atoms with Crippen molar-refractivity contribution in [1.29, 1.82) is 0 Å². The Morgan fingerprint density at radius 2 is 1.74 bits per heavy atom. The van der Waals surface area contributed by atoms with Gasteiger partial charge in [-0.05, 0) is 53.9 Å². The van der Waals surface area contributed by atoms with Crippen LogP contribution in [0.25, 0.3) is 22.3 Å². The predicted molar refractivity (Wildman–Crippen MR) is 103 cm³/mol. The highest BCUT2D eigenvalue weighted by Crippen LogP contribution is 2.41. The highest BCUT2D eigenvalue weighted by Gasteiger charge is 2.20. The van der Waals surface area contributed by atoms with Gasteiger partial charge < -0.3 is 20.8 Å². The summed E-state index contributed by atoms with van der Waals surface area (Å²) in [6.45, 7) is 1.89. The Morgan fingerprint density at radius 3 is 2.37 bits per heavy atom. The van der Waals surface area contributed by atoms with Gasteiger partial charge in [0.25, 0.3) is 0 Å². The van der Waals surface area contributed by atoms with Crippen LogP contribution < -0.4 is 10.5 Å². The molecule has 3 aromatic carbocycles. The van der Waals surface area contributed by atoms with Crippen molar-refractivity contribution in [3.63, 3.8) is 0 Å². The molecule has 138 valence electrons. The first-order valence-corrected chi connectivity index (χ1v) is 8.20. The van der Waals surface area contributed by atoms with E-state index in [1.165, 1.54) is 19.2 Å². The van der Waals surface area contributed by atoms with E-state index in [1.807, 2.05) is 13.0 Å². The maximum absolute atomic E-state index is 13.7. The summed E-state index contributed by atoms with van der Waals surface area (Å²) in [6.07, 6.45) is 0. The molecule has 0 amide bonds. The van der Waals surface area contributed by atoms with Crippen LogP contribution in [0.15, 0.2) is 59.8 Å². The summed E-state index contributed by atoms with van der Waals surface area (Å²) in [7, 11) is 1.45. The number of nitrogens with two attached hydrogens (primary N) is 1. The summed E-state index contributed by atoms with van der Waals surface area (Å²) in [5.74, 6) is -0.0332. The summed E-state index contributed by atoms with van der Waals surface area (Å²) < 4.78 is 19.1. The lowest BCUT2D eigenvalue weighted by Crippen LogP contribution is -2.15. The van der Waals surface area contributed by atoms with Crippen molar-refractivity contribution in [2.75, 3.05) is 7.11 Å². The minimum atomic E-state index is -0.431. The third-order valence-corrected chi connectivity index (χ3v) is 4.28. The molecular weight excluding hydrogens is 347 g/mol. The number of ether oxygens (including phenoxy) is 1. The van der Waals surface area contributed by atoms with E-state index in [2.05, 4.69) is 5.16 Å². The highest BCUT2D eigenvalue weighted by atomic mass is 19.1. The molecule has 0 unspecified atom stereocenters. The highest BCUT2D eigenvalue weighted by molar-refractivity contribution is 6.07. The fourth-order valence-electron chi connectivity index (χ4n) is 3.07. The average Bonchev–Trinajstić information content (AvgIpc) is 2.67. The first-order valence-electron chi connectivity index (χ1n) is 8.20. The first kappa shape index (κ1) is 18.3. The van der Waals surface area contributed by atoms with E-state index in [1.54, 1.807) is 36.4 Å². The van der Waals surface area contributed by atoms with Crippen molar-refractivity contribution in [3.05, 3.63) is 71.5 Å². The molecule has 0 aliphatic rings. The number of aromatic hydroxyl groups is 1. The van der Waals surface area contributed by atoms with Gasteiger partial charge in [0.05, 0.1) is 7.11 Å². The maximum atomic E-state index is 13.7. The van der Waals surface area contributed by atoms with E-state index in [0.29, 0.717) is 22.4 Å². The monoisotopic (exact) mass is 366 g/mol. The van der Waals surface area contributed by atoms with Crippen LogP contribution in [-0.2, 0) is 0 Å². The van der Waals surface area contributed by atoms with E-state index in [4.69, 9.17) is 10.5 Å². The molecular formula is C21H19FN2O3. The number of aryl methyl sites for hydroxylation is 1. The summed E-state index contributed by atoms with van der Waals surface area (Å²) in [5.41, 5.74) is 10.2. The minimum Gasteiger partial charge on any atom is -0.508 e. The van der Waals surface area contributed by atoms with Crippen LogP contribution in [0.3, 0.4) is 0 Å². The van der Waals surface area contributed by atoms with E-state index in [0.717, 1.165) is 16.7 Å². The lowest BCUT2D eigenvalue weighted by molar-refractivity contribution is 0.318. The summed E-state index contributed by atoms with van der Waals surface area (Å²) >= 11 is 0. The predicted octanol–water partition coefficient (Wildman–Crippen LogP) is 4.28. The second-order valence-corrected chi connectivity index (χ2v) is 6.11. The Balaban J connectivity index is 2.41. The van der Waals surface area contributed by atoms with Gasteiger partial charge in [0.15, 0.2) is 5.84 Å². The van der Waals surface area contributed by atoms with Crippen molar-refractivity contribution in [1.82, 2.24) is 0 Å². The second-order valence-electron chi connectivity index (χ2n) is 6.11. The molecule has 27 heavy (non-hydrogen) atoms. The fraction of sp³-hybridized carbons (Fsp3) is 0.0952. The number of methoxy groups -OCH3 is 1. The molecule has 0 saturated heterocycles. The number of benzene rings is 3. The zero-order valence-electron chi connectivity index (χ0n) is 14.9. The number of phenolic OH excluding ortho intramolecular Hbond substituents is 1. The number of rotatable bonds is 4. The van der Waals surface area contributed by atoms with Crippen LogP contribution in [0.2, 0.25) is 0 Å². The molecule has 4 N–H and O–H groups in total. The van der Waals surface area contributed by atoms with Crippen molar-refractivity contribution in [2.45, 2.75) is 6.92 Å². The third kappa shape index (κ3) is 3.55. The summed E-state index contributed by atoms with van der Waals surface area (Å²) in [6, 6.07) is 14.6. The van der Waals surface area contributed by atoms with Gasteiger partial charge in [-0.25, -0.2) is 4.39 Å². The molecule has 0 saturated carbocycles. The van der Waals surface area contributed by atoms with Gasteiger partial charge in [-0.3, -0.25) is 0 Å². The van der Waals surface area contributed by atoms with Crippen LogP contribution in [0.4, 0.5) is 4.39 Å². The lowest BCUT2D eigenvalue weighted by Gasteiger charge is -2.18. The number of hydrogen-bond acceptors (Lipinski definition) is 4.